The van der Waals surface area contributed by atoms with Crippen molar-refractivity contribution in [1.29, 1.82) is 0 Å². The van der Waals surface area contributed by atoms with E-state index in [1.807, 2.05) is 0 Å². The van der Waals surface area contributed by atoms with Crippen molar-refractivity contribution in [1.82, 2.24) is 9.80 Å². The van der Waals surface area contributed by atoms with Crippen LogP contribution in [0.5, 0.6) is 0 Å². The smallest absolute Gasteiger partial charge is 0.324 e. The third-order valence-corrected chi connectivity index (χ3v) is 2.97. The van der Waals surface area contributed by atoms with E-state index in [1.165, 1.54) is 24.0 Å². The number of carbonyl (C=O) groups is 3. The molecule has 0 aliphatic carbocycles. The van der Waals surface area contributed by atoms with Crippen LogP contribution in [-0.2, 0) is 19.1 Å². The van der Waals surface area contributed by atoms with Crippen molar-refractivity contribution in [3.63, 3.8) is 0 Å². The standard InChI is InChI=1S/C11H18N2O7/c1-19-9-10(20-2)13(6-4-8(16)17)11(18)12(9)5-3-7(14)15/h9-10H,3-6H2,1-2H3,(H,14,15)(H,16,17). The lowest BCUT2D eigenvalue weighted by molar-refractivity contribution is -0.140. The average molecular weight is 290 g/mol. The fourth-order valence-electron chi connectivity index (χ4n) is 2.06. The molecule has 0 radical (unpaired) electrons. The molecule has 1 rings (SSSR count). The van der Waals surface area contributed by atoms with Crippen molar-refractivity contribution in [2.75, 3.05) is 27.3 Å². The van der Waals surface area contributed by atoms with Crippen molar-refractivity contribution in [3.8, 4) is 0 Å². The van der Waals surface area contributed by atoms with Crippen LogP contribution in [0.2, 0.25) is 0 Å². The first kappa shape index (κ1) is 16.2. The highest BCUT2D eigenvalue weighted by Crippen LogP contribution is 2.24. The van der Waals surface area contributed by atoms with Crippen molar-refractivity contribution in [2.24, 2.45) is 0 Å². The number of hydrogen-bond donors (Lipinski definition) is 2. The number of methoxy groups -OCH3 is 2. The van der Waals surface area contributed by atoms with Crippen molar-refractivity contribution < 1.29 is 34.1 Å². The van der Waals surface area contributed by atoms with E-state index in [0.29, 0.717) is 0 Å². The van der Waals surface area contributed by atoms with Gasteiger partial charge in [-0.1, -0.05) is 0 Å². The monoisotopic (exact) mass is 290 g/mol. The fourth-order valence-corrected chi connectivity index (χ4v) is 2.06. The zero-order chi connectivity index (χ0) is 15.3. The number of rotatable bonds is 8. The van der Waals surface area contributed by atoms with Crippen molar-refractivity contribution in [2.45, 2.75) is 25.3 Å². The second kappa shape index (κ2) is 7.06. The summed E-state index contributed by atoms with van der Waals surface area (Å²) >= 11 is 0. The highest BCUT2D eigenvalue weighted by molar-refractivity contribution is 5.79. The average Bonchev–Trinajstić information content (AvgIpc) is 2.65. The molecule has 0 spiro atoms. The van der Waals surface area contributed by atoms with Crippen molar-refractivity contribution in [3.05, 3.63) is 0 Å². The van der Waals surface area contributed by atoms with Crippen LogP contribution in [0.4, 0.5) is 4.79 Å². The van der Waals surface area contributed by atoms with Gasteiger partial charge in [-0.15, -0.1) is 0 Å². The number of carbonyl (C=O) groups excluding carboxylic acids is 1. The van der Waals surface area contributed by atoms with Gasteiger partial charge in [0.2, 0.25) is 0 Å². The highest BCUT2D eigenvalue weighted by Gasteiger charge is 2.46. The van der Waals surface area contributed by atoms with Crippen LogP contribution in [-0.4, -0.2) is 77.7 Å². The van der Waals surface area contributed by atoms with Gasteiger partial charge in [-0.25, -0.2) is 4.79 Å². The lowest BCUT2D eigenvalue weighted by Gasteiger charge is -2.24. The van der Waals surface area contributed by atoms with Gasteiger partial charge in [0.05, 0.1) is 12.8 Å². The van der Waals surface area contributed by atoms with Crippen LogP contribution in [0, 0.1) is 0 Å². The molecular formula is C11H18N2O7. The normalized spacial score (nSPS) is 22.4. The van der Waals surface area contributed by atoms with Crippen molar-refractivity contribution >= 4 is 18.0 Å². The Labute approximate surface area is 115 Å². The molecule has 2 unspecified atom stereocenters. The number of amides is 2. The van der Waals surface area contributed by atoms with E-state index in [-0.39, 0.29) is 25.9 Å². The van der Waals surface area contributed by atoms with Gasteiger partial charge in [-0.05, 0) is 0 Å². The van der Waals surface area contributed by atoms with Gasteiger partial charge < -0.3 is 19.7 Å². The first-order chi connectivity index (χ1) is 9.42. The van der Waals surface area contributed by atoms with E-state index in [4.69, 9.17) is 19.7 Å². The van der Waals surface area contributed by atoms with Gasteiger partial charge in [-0.2, -0.15) is 0 Å². The minimum absolute atomic E-state index is 0.0316. The second-order valence-electron chi connectivity index (χ2n) is 4.21. The van der Waals surface area contributed by atoms with Crippen LogP contribution in [0.3, 0.4) is 0 Å². The molecule has 0 aromatic rings. The van der Waals surface area contributed by atoms with E-state index >= 15 is 0 Å². The van der Waals surface area contributed by atoms with Crippen LogP contribution in [0.25, 0.3) is 0 Å². The Kier molecular flexibility index (Phi) is 5.71. The molecule has 0 aromatic heterocycles. The number of aliphatic carboxylic acids is 2. The Hall–Kier alpha value is -1.87. The molecule has 2 atom stereocenters. The summed E-state index contributed by atoms with van der Waals surface area (Å²) in [4.78, 5) is 35.8. The van der Waals surface area contributed by atoms with E-state index in [9.17, 15) is 14.4 Å². The second-order valence-corrected chi connectivity index (χ2v) is 4.21. The molecule has 1 fully saturated rings. The van der Waals surface area contributed by atoms with Gasteiger partial charge in [0, 0.05) is 27.3 Å². The predicted octanol–water partition coefficient (Wildman–Crippen LogP) is -0.382. The number of carboxylic acids is 2. The lowest BCUT2D eigenvalue weighted by Crippen LogP contribution is -2.41. The molecule has 114 valence electrons. The fraction of sp³-hybridized carbons (Fsp3) is 0.727. The quantitative estimate of drug-likeness (QED) is 0.625. The molecular weight excluding hydrogens is 272 g/mol. The summed E-state index contributed by atoms with van der Waals surface area (Å²) < 4.78 is 10.3. The zero-order valence-corrected chi connectivity index (χ0v) is 11.3. The SMILES string of the molecule is COC1C(OC)N(CCC(=O)O)C(=O)N1CCC(=O)O. The largest absolute Gasteiger partial charge is 0.481 e. The molecule has 1 aliphatic rings. The molecule has 0 bridgehead atoms. The molecule has 9 nitrogen and oxygen atoms in total. The number of ether oxygens (including phenoxy) is 2. The summed E-state index contributed by atoms with van der Waals surface area (Å²) in [6, 6.07) is -0.494. The molecule has 1 aliphatic heterocycles. The van der Waals surface area contributed by atoms with Crippen LogP contribution in [0.15, 0.2) is 0 Å². The molecule has 0 saturated carbocycles. The van der Waals surface area contributed by atoms with Gasteiger partial charge in [0.25, 0.3) is 0 Å². The Morgan fingerprint density at radius 1 is 1.00 bits per heavy atom. The Morgan fingerprint density at radius 2 is 1.35 bits per heavy atom. The maximum atomic E-state index is 12.2. The zero-order valence-electron chi connectivity index (χ0n) is 11.3. The molecule has 9 heteroatoms. The third-order valence-electron chi connectivity index (χ3n) is 2.97. The number of nitrogens with zero attached hydrogens (tertiary/aromatic N) is 2. The molecule has 1 saturated heterocycles. The topological polar surface area (TPSA) is 117 Å². The van der Waals surface area contributed by atoms with Crippen LogP contribution < -0.4 is 0 Å². The molecule has 1 heterocycles. The predicted molar refractivity (Wildman–Crippen MR) is 64.9 cm³/mol. The van der Waals surface area contributed by atoms with Crippen LogP contribution in [0.1, 0.15) is 12.8 Å². The molecule has 20 heavy (non-hydrogen) atoms. The first-order valence-corrected chi connectivity index (χ1v) is 5.98. The van der Waals surface area contributed by atoms with Gasteiger partial charge >= 0.3 is 18.0 Å². The maximum Gasteiger partial charge on any atom is 0.324 e. The summed E-state index contributed by atoms with van der Waals surface area (Å²) in [6.45, 7) is -0.0633. The highest BCUT2D eigenvalue weighted by atomic mass is 16.6. The maximum absolute atomic E-state index is 12.2. The molecule has 2 amide bonds. The Balaban J connectivity index is 2.82. The number of carboxylic acid groups (broad SMARTS) is 2. The lowest BCUT2D eigenvalue weighted by atomic mass is 10.3. The number of hydrogen-bond acceptors (Lipinski definition) is 5. The van der Waals surface area contributed by atoms with E-state index in [1.54, 1.807) is 0 Å². The summed E-state index contributed by atoms with van der Waals surface area (Å²) in [7, 11) is 2.75. The Bertz CT molecular complexity index is 353. The van der Waals surface area contributed by atoms with Gasteiger partial charge in [0.1, 0.15) is 0 Å². The Morgan fingerprint density at radius 3 is 1.60 bits per heavy atom. The third kappa shape index (κ3) is 3.58. The van der Waals surface area contributed by atoms with Crippen LogP contribution >= 0.6 is 0 Å². The van der Waals surface area contributed by atoms with E-state index < -0.39 is 30.4 Å². The summed E-state index contributed by atoms with van der Waals surface area (Å²) in [5.41, 5.74) is 0. The summed E-state index contributed by atoms with van der Waals surface area (Å²) in [5, 5.41) is 17.4. The minimum Gasteiger partial charge on any atom is -0.481 e. The van der Waals surface area contributed by atoms with E-state index in [2.05, 4.69) is 0 Å². The molecule has 0 aromatic carbocycles. The molecule has 2 N–H and O–H groups in total. The van der Waals surface area contributed by atoms with Gasteiger partial charge in [-0.3, -0.25) is 19.4 Å². The minimum atomic E-state index is -1.04. The number of urea groups is 1. The summed E-state index contributed by atoms with van der Waals surface area (Å²) in [5.74, 6) is -2.07. The van der Waals surface area contributed by atoms with Gasteiger partial charge in [0.15, 0.2) is 12.5 Å². The summed E-state index contributed by atoms with van der Waals surface area (Å²) in [6.07, 6.45) is -1.98. The first-order valence-electron chi connectivity index (χ1n) is 5.98. The van der Waals surface area contributed by atoms with E-state index in [0.717, 1.165) is 0 Å².